The van der Waals surface area contributed by atoms with Crippen LogP contribution in [0.1, 0.15) is 40.2 Å². The van der Waals surface area contributed by atoms with Crippen molar-refractivity contribution in [3.63, 3.8) is 0 Å². The molecule has 0 bridgehead atoms. The number of hydrogen-bond donors (Lipinski definition) is 0. The van der Waals surface area contributed by atoms with Crippen LogP contribution in [0, 0.1) is 6.92 Å². The van der Waals surface area contributed by atoms with Gasteiger partial charge in [0.25, 0.3) is 5.91 Å². The minimum Gasteiger partial charge on any atom is -0.493 e. The molecule has 0 fully saturated rings. The molecule has 1 amide bonds. The summed E-state index contributed by atoms with van der Waals surface area (Å²) in [7, 11) is 5.43. The lowest BCUT2D eigenvalue weighted by Gasteiger charge is -2.27. The monoisotopic (exact) mass is 470 g/mol. The first-order chi connectivity index (χ1) is 15.8. The highest BCUT2D eigenvalue weighted by Crippen LogP contribution is 2.41. The topological polar surface area (TPSA) is 72.2 Å². The van der Waals surface area contributed by atoms with Crippen molar-refractivity contribution < 1.29 is 18.7 Å². The van der Waals surface area contributed by atoms with Crippen molar-refractivity contribution >= 4 is 28.5 Å². The van der Waals surface area contributed by atoms with Crippen molar-refractivity contribution in [2.45, 2.75) is 19.9 Å². The van der Waals surface area contributed by atoms with E-state index in [9.17, 15) is 9.59 Å². The van der Waals surface area contributed by atoms with Crippen LogP contribution in [-0.4, -0.2) is 56.6 Å². The molecule has 0 saturated heterocycles. The second-order valence-corrected chi connectivity index (χ2v) is 8.73. The summed E-state index contributed by atoms with van der Waals surface area (Å²) >= 11 is 6.30. The molecule has 1 aliphatic rings. The third kappa shape index (κ3) is 4.07. The Hall–Kier alpha value is -3.03. The van der Waals surface area contributed by atoms with Gasteiger partial charge >= 0.3 is 0 Å². The highest BCUT2D eigenvalue weighted by molar-refractivity contribution is 6.32. The van der Waals surface area contributed by atoms with Crippen LogP contribution in [0.5, 0.6) is 11.5 Å². The fourth-order valence-corrected chi connectivity index (χ4v) is 4.32. The van der Waals surface area contributed by atoms with E-state index < -0.39 is 6.04 Å². The molecule has 1 aromatic heterocycles. The molecule has 0 radical (unpaired) electrons. The number of carbonyl (C=O) groups is 1. The van der Waals surface area contributed by atoms with Gasteiger partial charge in [0.2, 0.25) is 5.76 Å². The molecule has 3 aromatic rings. The Morgan fingerprint density at radius 2 is 1.91 bits per heavy atom. The summed E-state index contributed by atoms with van der Waals surface area (Å²) in [4.78, 5) is 30.8. The molecule has 1 unspecified atom stereocenters. The number of ether oxygens (including phenoxy) is 2. The summed E-state index contributed by atoms with van der Waals surface area (Å²) in [6.45, 7) is 5.26. The maximum atomic E-state index is 13.7. The van der Waals surface area contributed by atoms with E-state index in [4.69, 9.17) is 25.5 Å². The van der Waals surface area contributed by atoms with Gasteiger partial charge in [0.05, 0.1) is 30.7 Å². The maximum Gasteiger partial charge on any atom is 0.290 e. The summed E-state index contributed by atoms with van der Waals surface area (Å²) in [6, 6.07) is 8.16. The van der Waals surface area contributed by atoms with E-state index in [0.717, 1.165) is 11.1 Å². The van der Waals surface area contributed by atoms with E-state index in [1.807, 2.05) is 45.0 Å². The highest BCUT2D eigenvalue weighted by Gasteiger charge is 2.42. The predicted molar refractivity (Wildman–Crippen MR) is 128 cm³/mol. The summed E-state index contributed by atoms with van der Waals surface area (Å²) in [5.74, 6) is 0.898. The molecule has 33 heavy (non-hydrogen) atoms. The molecule has 2 aromatic carbocycles. The molecule has 0 spiro atoms. The summed E-state index contributed by atoms with van der Waals surface area (Å²) in [5, 5.41) is 0.831. The van der Waals surface area contributed by atoms with Gasteiger partial charge in [-0.1, -0.05) is 17.7 Å². The van der Waals surface area contributed by atoms with Gasteiger partial charge in [-0.15, -0.1) is 0 Å². The van der Waals surface area contributed by atoms with Crippen molar-refractivity contribution in [1.29, 1.82) is 0 Å². The summed E-state index contributed by atoms with van der Waals surface area (Å²) in [6.07, 6.45) is 0. The molecular formula is C25H27ClN2O5. The second kappa shape index (κ2) is 9.08. The van der Waals surface area contributed by atoms with Crippen molar-refractivity contribution in [1.82, 2.24) is 9.80 Å². The van der Waals surface area contributed by atoms with Crippen LogP contribution in [-0.2, 0) is 0 Å². The van der Waals surface area contributed by atoms with Crippen LogP contribution in [0.25, 0.3) is 11.0 Å². The molecule has 7 nitrogen and oxygen atoms in total. The summed E-state index contributed by atoms with van der Waals surface area (Å²) in [5.41, 5.74) is 1.93. The second-order valence-electron chi connectivity index (χ2n) is 8.32. The van der Waals surface area contributed by atoms with Crippen molar-refractivity contribution in [3.05, 3.63) is 68.0 Å². The molecule has 174 valence electrons. The quantitative estimate of drug-likeness (QED) is 0.513. The number of methoxy groups -OCH3 is 1. The zero-order chi connectivity index (χ0) is 23.9. The third-order valence-electron chi connectivity index (χ3n) is 5.84. The van der Waals surface area contributed by atoms with Gasteiger partial charge in [-0.2, -0.15) is 0 Å². The molecule has 0 N–H and O–H groups in total. The number of hydrogen-bond acceptors (Lipinski definition) is 6. The lowest BCUT2D eigenvalue weighted by molar-refractivity contribution is 0.0716. The van der Waals surface area contributed by atoms with Crippen molar-refractivity contribution in [2.75, 3.05) is 40.9 Å². The Morgan fingerprint density at radius 3 is 2.58 bits per heavy atom. The molecule has 8 heteroatoms. The third-order valence-corrected chi connectivity index (χ3v) is 6.25. The smallest absolute Gasteiger partial charge is 0.290 e. The Labute approximate surface area is 197 Å². The van der Waals surface area contributed by atoms with E-state index in [1.54, 1.807) is 30.2 Å². The highest BCUT2D eigenvalue weighted by atomic mass is 35.5. The molecule has 0 aliphatic carbocycles. The number of aryl methyl sites for hydroxylation is 1. The number of nitrogens with zero attached hydrogens (tertiary/aromatic N) is 2. The zero-order valence-corrected chi connectivity index (χ0v) is 20.2. The number of carbonyl (C=O) groups excluding carboxylic acids is 1. The SMILES string of the molecule is CCOc1ccc(C2c3c(oc4cc(C)c(Cl)cc4c3=O)C(=O)N2CCN(C)C)cc1OC. The number of rotatable bonds is 7. The number of amides is 1. The van der Waals surface area contributed by atoms with Gasteiger partial charge in [0.15, 0.2) is 16.9 Å². The van der Waals surface area contributed by atoms with Crippen LogP contribution in [0.3, 0.4) is 0 Å². The van der Waals surface area contributed by atoms with Gasteiger partial charge in [0, 0.05) is 18.1 Å². The van der Waals surface area contributed by atoms with E-state index in [0.29, 0.717) is 52.8 Å². The molecule has 0 saturated carbocycles. The van der Waals surface area contributed by atoms with Gasteiger partial charge in [-0.25, -0.2) is 0 Å². The average molecular weight is 471 g/mol. The minimum absolute atomic E-state index is 0.0748. The summed E-state index contributed by atoms with van der Waals surface area (Å²) < 4.78 is 17.2. The van der Waals surface area contributed by atoms with Crippen LogP contribution < -0.4 is 14.9 Å². The van der Waals surface area contributed by atoms with E-state index in [1.165, 1.54) is 0 Å². The molecular weight excluding hydrogens is 444 g/mol. The lowest BCUT2D eigenvalue weighted by atomic mass is 9.97. The molecule has 1 aliphatic heterocycles. The lowest BCUT2D eigenvalue weighted by Crippen LogP contribution is -2.35. The maximum absolute atomic E-state index is 13.7. The number of fused-ring (bicyclic) bond motifs is 2. The largest absolute Gasteiger partial charge is 0.493 e. The van der Waals surface area contributed by atoms with Crippen molar-refractivity contribution in [3.8, 4) is 11.5 Å². The molecule has 4 rings (SSSR count). The van der Waals surface area contributed by atoms with Crippen LogP contribution in [0.4, 0.5) is 0 Å². The number of benzene rings is 2. The number of halogens is 1. The van der Waals surface area contributed by atoms with Gasteiger partial charge < -0.3 is 23.7 Å². The Kier molecular flexibility index (Phi) is 6.36. The minimum atomic E-state index is -0.613. The molecule has 1 atom stereocenters. The average Bonchev–Trinajstić information content (AvgIpc) is 3.06. The normalized spacial score (nSPS) is 15.4. The van der Waals surface area contributed by atoms with E-state index in [-0.39, 0.29) is 17.1 Å². The molecule has 2 heterocycles. The first-order valence-corrected chi connectivity index (χ1v) is 11.2. The van der Waals surface area contributed by atoms with Crippen LogP contribution in [0.15, 0.2) is 39.5 Å². The standard InChI is InChI=1S/C25H27ClN2O5/c1-6-32-18-8-7-15(12-20(18)31-5)22-21-23(29)16-13-17(26)14(2)11-19(16)33-24(21)25(30)28(22)10-9-27(3)4/h7-8,11-13,22H,6,9-10H2,1-5H3. The fraction of sp³-hybridized carbons (Fsp3) is 0.360. The van der Waals surface area contributed by atoms with E-state index in [2.05, 4.69) is 0 Å². The van der Waals surface area contributed by atoms with Gasteiger partial charge in [-0.05, 0) is 63.3 Å². The Balaban J connectivity index is 1.94. The number of likely N-dealkylation sites (N-methyl/N-ethyl adjacent to an activating group) is 1. The predicted octanol–water partition coefficient (Wildman–Crippen LogP) is 4.27. The van der Waals surface area contributed by atoms with Gasteiger partial charge in [0.1, 0.15) is 5.58 Å². The Morgan fingerprint density at radius 1 is 1.15 bits per heavy atom. The van der Waals surface area contributed by atoms with Crippen LogP contribution in [0.2, 0.25) is 5.02 Å². The van der Waals surface area contributed by atoms with Crippen LogP contribution >= 0.6 is 11.6 Å². The fourth-order valence-electron chi connectivity index (χ4n) is 4.15. The first-order valence-electron chi connectivity index (χ1n) is 10.8. The first kappa shape index (κ1) is 23.1. The Bertz CT molecular complexity index is 1280. The van der Waals surface area contributed by atoms with Crippen molar-refractivity contribution in [2.24, 2.45) is 0 Å². The zero-order valence-electron chi connectivity index (χ0n) is 19.4. The van der Waals surface area contributed by atoms with E-state index >= 15 is 0 Å². The van der Waals surface area contributed by atoms with Gasteiger partial charge in [-0.3, -0.25) is 9.59 Å².